The summed E-state index contributed by atoms with van der Waals surface area (Å²) >= 11 is 6.22. The smallest absolute Gasteiger partial charge is 0.231 e. The average Bonchev–Trinajstić information content (AvgIpc) is 3.16. The van der Waals surface area contributed by atoms with Gasteiger partial charge in [0, 0.05) is 27.8 Å². The SMILES string of the molecule is COc1ccc(C(=O)COc2ccc3c(c2)O/C(=C\c2cc(Cl)cc4c2OCOC4)C3=O)cc1. The zero-order valence-corrected chi connectivity index (χ0v) is 18.9. The zero-order valence-electron chi connectivity index (χ0n) is 18.1. The fourth-order valence-electron chi connectivity index (χ4n) is 3.72. The third-order valence-corrected chi connectivity index (χ3v) is 5.63. The summed E-state index contributed by atoms with van der Waals surface area (Å²) in [6.07, 6.45) is 1.60. The summed E-state index contributed by atoms with van der Waals surface area (Å²) in [6.45, 7) is 0.336. The van der Waals surface area contributed by atoms with Gasteiger partial charge in [-0.15, -0.1) is 0 Å². The van der Waals surface area contributed by atoms with Crippen LogP contribution in [-0.2, 0) is 11.3 Å². The van der Waals surface area contributed by atoms with Crippen LogP contribution >= 0.6 is 11.6 Å². The monoisotopic (exact) mass is 478 g/mol. The zero-order chi connectivity index (χ0) is 23.7. The summed E-state index contributed by atoms with van der Waals surface area (Å²) in [4.78, 5) is 25.3. The van der Waals surface area contributed by atoms with Crippen molar-refractivity contribution in [3.8, 4) is 23.0 Å². The Hall–Kier alpha value is -3.81. The van der Waals surface area contributed by atoms with Crippen molar-refractivity contribution in [2.75, 3.05) is 20.5 Å². The highest BCUT2D eigenvalue weighted by Crippen LogP contribution is 2.38. The molecule has 2 aliphatic heterocycles. The number of hydrogen-bond donors (Lipinski definition) is 0. The van der Waals surface area contributed by atoms with Crippen LogP contribution in [0.2, 0.25) is 5.02 Å². The second-order valence-electron chi connectivity index (χ2n) is 7.63. The topological polar surface area (TPSA) is 80.3 Å². The van der Waals surface area contributed by atoms with Crippen molar-refractivity contribution < 1.29 is 33.3 Å². The lowest BCUT2D eigenvalue weighted by atomic mass is 10.1. The number of fused-ring (bicyclic) bond motifs is 2. The van der Waals surface area contributed by atoms with Crippen LogP contribution in [0.4, 0.5) is 0 Å². The highest BCUT2D eigenvalue weighted by Gasteiger charge is 2.29. The molecule has 0 spiro atoms. The molecule has 0 amide bonds. The first-order valence-electron chi connectivity index (χ1n) is 10.4. The van der Waals surface area contributed by atoms with Crippen molar-refractivity contribution in [2.24, 2.45) is 0 Å². The minimum atomic E-state index is -0.267. The van der Waals surface area contributed by atoms with Gasteiger partial charge in [0.15, 0.2) is 24.9 Å². The van der Waals surface area contributed by atoms with Crippen LogP contribution in [-0.4, -0.2) is 32.1 Å². The van der Waals surface area contributed by atoms with Crippen molar-refractivity contribution in [3.63, 3.8) is 0 Å². The Kier molecular flexibility index (Phi) is 5.96. The van der Waals surface area contributed by atoms with Crippen LogP contribution < -0.4 is 18.9 Å². The molecule has 0 saturated heterocycles. The number of allylic oxidation sites excluding steroid dienone is 1. The number of methoxy groups -OCH3 is 1. The van der Waals surface area contributed by atoms with E-state index >= 15 is 0 Å². The quantitative estimate of drug-likeness (QED) is 0.360. The summed E-state index contributed by atoms with van der Waals surface area (Å²) in [5.41, 5.74) is 2.34. The number of Topliss-reactive ketones (excluding diaryl/α,β-unsaturated/α-hetero) is 2. The molecule has 34 heavy (non-hydrogen) atoms. The molecule has 7 nitrogen and oxygen atoms in total. The van der Waals surface area contributed by atoms with Gasteiger partial charge < -0.3 is 23.7 Å². The fraction of sp³-hybridized carbons (Fsp3) is 0.154. The first-order valence-corrected chi connectivity index (χ1v) is 10.8. The van der Waals surface area contributed by atoms with E-state index in [1.54, 1.807) is 67.8 Å². The minimum absolute atomic E-state index is 0.121. The molecule has 0 atom stereocenters. The highest BCUT2D eigenvalue weighted by atomic mass is 35.5. The first kappa shape index (κ1) is 22.0. The molecule has 0 aromatic heterocycles. The van der Waals surface area contributed by atoms with E-state index in [-0.39, 0.29) is 30.7 Å². The number of hydrogen-bond acceptors (Lipinski definition) is 7. The molecule has 0 bridgehead atoms. The van der Waals surface area contributed by atoms with E-state index in [2.05, 4.69) is 0 Å². The van der Waals surface area contributed by atoms with Crippen molar-refractivity contribution in [1.29, 1.82) is 0 Å². The van der Waals surface area contributed by atoms with Crippen molar-refractivity contribution in [1.82, 2.24) is 0 Å². The van der Waals surface area contributed by atoms with Crippen molar-refractivity contribution in [3.05, 3.63) is 87.6 Å². The maximum Gasteiger partial charge on any atom is 0.231 e. The first-order chi connectivity index (χ1) is 16.5. The van der Waals surface area contributed by atoms with Gasteiger partial charge in [0.25, 0.3) is 0 Å². The summed E-state index contributed by atoms with van der Waals surface area (Å²) in [7, 11) is 1.56. The van der Waals surface area contributed by atoms with Gasteiger partial charge in [0.05, 0.1) is 19.3 Å². The van der Waals surface area contributed by atoms with E-state index in [0.29, 0.717) is 51.3 Å². The average molecular weight is 479 g/mol. The standard InChI is InChI=1S/C26H19ClO7/c1-30-19-4-2-15(3-5-19)22(28)13-32-20-6-7-21-23(11-20)34-24(25(21)29)10-16-8-18(27)9-17-12-31-14-33-26(16)17/h2-11H,12-14H2,1H3/b24-10-. The van der Waals surface area contributed by atoms with Gasteiger partial charge in [0.2, 0.25) is 5.78 Å². The van der Waals surface area contributed by atoms with Crippen molar-refractivity contribution in [2.45, 2.75) is 6.61 Å². The van der Waals surface area contributed by atoms with Gasteiger partial charge in [-0.05, 0) is 54.6 Å². The molecule has 3 aromatic carbocycles. The van der Waals surface area contributed by atoms with Crippen LogP contribution in [0.1, 0.15) is 31.8 Å². The van der Waals surface area contributed by atoms with E-state index < -0.39 is 0 Å². The van der Waals surface area contributed by atoms with Gasteiger partial charge in [-0.3, -0.25) is 9.59 Å². The highest BCUT2D eigenvalue weighted by molar-refractivity contribution is 6.31. The lowest BCUT2D eigenvalue weighted by molar-refractivity contribution is -0.0165. The van der Waals surface area contributed by atoms with Gasteiger partial charge in [-0.25, -0.2) is 0 Å². The molecule has 0 radical (unpaired) electrons. The normalized spacial score (nSPS) is 15.2. The van der Waals surface area contributed by atoms with Crippen molar-refractivity contribution >= 4 is 29.2 Å². The number of carbonyl (C=O) groups excluding carboxylic acids is 2. The third kappa shape index (κ3) is 4.35. The largest absolute Gasteiger partial charge is 0.497 e. The Morgan fingerprint density at radius 3 is 2.68 bits per heavy atom. The summed E-state index contributed by atoms with van der Waals surface area (Å²) in [5, 5.41) is 0.500. The second kappa shape index (κ2) is 9.21. The van der Waals surface area contributed by atoms with Gasteiger partial charge in [0.1, 0.15) is 23.0 Å². The number of ether oxygens (including phenoxy) is 5. The third-order valence-electron chi connectivity index (χ3n) is 5.41. The molecule has 8 heteroatoms. The van der Waals surface area contributed by atoms with E-state index in [4.69, 9.17) is 35.3 Å². The van der Waals surface area contributed by atoms with Gasteiger partial charge in [-0.2, -0.15) is 0 Å². The number of benzene rings is 3. The van der Waals surface area contributed by atoms with Crippen LogP contribution in [0, 0.1) is 0 Å². The molecular weight excluding hydrogens is 460 g/mol. The molecule has 2 aliphatic rings. The molecule has 3 aromatic rings. The maximum absolute atomic E-state index is 12.9. The van der Waals surface area contributed by atoms with E-state index in [9.17, 15) is 9.59 Å². The lowest BCUT2D eigenvalue weighted by Crippen LogP contribution is -2.12. The molecule has 0 aliphatic carbocycles. The Bertz CT molecular complexity index is 1310. The number of halogens is 1. The number of carbonyl (C=O) groups is 2. The van der Waals surface area contributed by atoms with Gasteiger partial charge in [-0.1, -0.05) is 11.6 Å². The Morgan fingerprint density at radius 2 is 1.88 bits per heavy atom. The second-order valence-corrected chi connectivity index (χ2v) is 8.07. The lowest BCUT2D eigenvalue weighted by Gasteiger charge is -2.20. The Labute approximate surface area is 200 Å². The molecular formula is C26H19ClO7. The number of rotatable bonds is 6. The molecule has 2 heterocycles. The van der Waals surface area contributed by atoms with E-state index in [0.717, 1.165) is 5.56 Å². The van der Waals surface area contributed by atoms with Crippen LogP contribution in [0.15, 0.2) is 60.4 Å². The summed E-state index contributed by atoms with van der Waals surface area (Å²) < 4.78 is 27.5. The van der Waals surface area contributed by atoms with Gasteiger partial charge >= 0.3 is 0 Å². The predicted molar refractivity (Wildman–Crippen MR) is 124 cm³/mol. The molecule has 0 saturated carbocycles. The summed E-state index contributed by atoms with van der Waals surface area (Å²) in [5.74, 6) is 1.73. The fourth-order valence-corrected chi connectivity index (χ4v) is 3.97. The summed E-state index contributed by atoms with van der Waals surface area (Å²) in [6, 6.07) is 15.1. The van der Waals surface area contributed by atoms with E-state index in [1.807, 2.05) is 0 Å². The molecule has 0 N–H and O–H groups in total. The Morgan fingerprint density at radius 1 is 1.09 bits per heavy atom. The minimum Gasteiger partial charge on any atom is -0.497 e. The molecule has 172 valence electrons. The van der Waals surface area contributed by atoms with Crippen LogP contribution in [0.3, 0.4) is 0 Å². The molecule has 5 rings (SSSR count). The van der Waals surface area contributed by atoms with E-state index in [1.165, 1.54) is 0 Å². The number of ketones is 2. The van der Waals surface area contributed by atoms with Crippen LogP contribution in [0.5, 0.6) is 23.0 Å². The molecule has 0 fully saturated rings. The Balaban J connectivity index is 1.32. The predicted octanol–water partition coefficient (Wildman–Crippen LogP) is 5.09. The molecule has 0 unspecified atom stereocenters. The maximum atomic E-state index is 12.9. The van der Waals surface area contributed by atoms with Crippen LogP contribution in [0.25, 0.3) is 6.08 Å².